The molecular formula is C16H34O2Pb. The second-order valence-electron chi connectivity index (χ2n) is 5.89. The Kier molecular flexibility index (Phi) is 12.4. The Labute approximate surface area is 125 Å². The average molecular weight is 466 g/mol. The number of carbonyl (C=O) groups is 1. The number of hydrogen-bond donors (Lipinski definition) is 0. The van der Waals surface area contributed by atoms with Crippen molar-refractivity contribution in [2.24, 2.45) is 0 Å². The molecule has 0 fully saturated rings. The van der Waals surface area contributed by atoms with Crippen LogP contribution in [0.15, 0.2) is 0 Å². The van der Waals surface area contributed by atoms with Gasteiger partial charge in [-0.1, -0.05) is 0 Å². The minimum absolute atomic E-state index is 0.00821. The summed E-state index contributed by atoms with van der Waals surface area (Å²) in [5.41, 5.74) is 0. The summed E-state index contributed by atoms with van der Waals surface area (Å²) in [5.74, 6) is 0.00821. The van der Waals surface area contributed by atoms with E-state index < -0.39 is 21.2 Å². The first-order valence-corrected chi connectivity index (χ1v) is 19.2. The average Bonchev–Trinajstić information content (AvgIpc) is 2.45. The second-order valence-corrected chi connectivity index (χ2v) is 25.3. The molecule has 0 aliphatic heterocycles. The molecule has 0 rings (SSSR count). The Balaban J connectivity index is 4.60. The van der Waals surface area contributed by atoms with Crippen molar-refractivity contribution in [1.82, 2.24) is 0 Å². The molecule has 19 heavy (non-hydrogen) atoms. The van der Waals surface area contributed by atoms with Gasteiger partial charge in [0.2, 0.25) is 0 Å². The summed E-state index contributed by atoms with van der Waals surface area (Å²) in [4.78, 5) is 11.5. The zero-order chi connectivity index (χ0) is 14.6. The van der Waals surface area contributed by atoms with Gasteiger partial charge in [-0.2, -0.15) is 0 Å². The third-order valence-electron chi connectivity index (χ3n) is 4.27. The summed E-state index contributed by atoms with van der Waals surface area (Å²) in [5, 5.41) is 0. The SMILES string of the molecule is CCC[CH2][Pb]([CH2]CCC)([CH2]CCC)[CH2]CC(=O)OC. The molecule has 3 heteroatoms. The molecule has 0 aliphatic rings. The van der Waals surface area contributed by atoms with Crippen molar-refractivity contribution >= 4 is 27.1 Å². The Bertz CT molecular complexity index is 207. The van der Waals surface area contributed by atoms with Crippen molar-refractivity contribution < 1.29 is 9.53 Å². The normalized spacial score (nSPS) is 11.6. The van der Waals surface area contributed by atoms with E-state index in [-0.39, 0.29) is 5.97 Å². The van der Waals surface area contributed by atoms with Gasteiger partial charge in [-0.3, -0.25) is 0 Å². The molecule has 0 bridgehead atoms. The maximum atomic E-state index is 11.5. The summed E-state index contributed by atoms with van der Waals surface area (Å²) >= 11 is -2.21. The van der Waals surface area contributed by atoms with Crippen molar-refractivity contribution in [3.8, 4) is 0 Å². The van der Waals surface area contributed by atoms with Crippen LogP contribution in [0.5, 0.6) is 0 Å². The van der Waals surface area contributed by atoms with E-state index in [1.54, 1.807) is 0 Å². The van der Waals surface area contributed by atoms with E-state index in [0.29, 0.717) is 6.42 Å². The summed E-state index contributed by atoms with van der Waals surface area (Å²) in [6.07, 6.45) is 8.76. The number of hydrogen-bond acceptors (Lipinski definition) is 2. The van der Waals surface area contributed by atoms with E-state index in [4.69, 9.17) is 4.74 Å². The molecule has 0 saturated carbocycles. The van der Waals surface area contributed by atoms with Crippen molar-refractivity contribution in [3.63, 3.8) is 0 Å². The van der Waals surface area contributed by atoms with Crippen LogP contribution in [0.3, 0.4) is 0 Å². The molecule has 0 N–H and O–H groups in total. The van der Waals surface area contributed by atoms with Gasteiger partial charge in [-0.15, -0.1) is 0 Å². The number of ether oxygens (including phenoxy) is 1. The van der Waals surface area contributed by atoms with Crippen LogP contribution in [0.2, 0.25) is 15.9 Å². The Morgan fingerprint density at radius 2 is 1.26 bits per heavy atom. The number of esters is 1. The molecule has 0 aromatic carbocycles. The molecule has 0 saturated heterocycles. The molecule has 0 spiro atoms. The third kappa shape index (κ3) is 9.03. The van der Waals surface area contributed by atoms with E-state index >= 15 is 0 Å². The monoisotopic (exact) mass is 466 g/mol. The van der Waals surface area contributed by atoms with Gasteiger partial charge in [0.25, 0.3) is 0 Å². The molecule has 0 aliphatic carbocycles. The van der Waals surface area contributed by atoms with E-state index in [9.17, 15) is 4.79 Å². The van der Waals surface area contributed by atoms with Gasteiger partial charge in [-0.05, 0) is 0 Å². The van der Waals surface area contributed by atoms with Crippen molar-refractivity contribution in [3.05, 3.63) is 0 Å². The fraction of sp³-hybridized carbons (Fsp3) is 0.938. The fourth-order valence-corrected chi connectivity index (χ4v) is 24.4. The van der Waals surface area contributed by atoms with E-state index in [0.717, 1.165) is 0 Å². The molecule has 0 aromatic heterocycles. The molecule has 2 nitrogen and oxygen atoms in total. The summed E-state index contributed by atoms with van der Waals surface area (Å²) < 4.78 is 10.6. The molecule has 0 amide bonds. The van der Waals surface area contributed by atoms with Gasteiger partial charge in [-0.25, -0.2) is 0 Å². The van der Waals surface area contributed by atoms with Gasteiger partial charge in [0.05, 0.1) is 0 Å². The third-order valence-corrected chi connectivity index (χ3v) is 25.9. The molecule has 0 unspecified atom stereocenters. The minimum atomic E-state index is -2.21. The van der Waals surface area contributed by atoms with Crippen LogP contribution in [0.1, 0.15) is 65.7 Å². The van der Waals surface area contributed by atoms with Crippen LogP contribution in [0.4, 0.5) is 0 Å². The topological polar surface area (TPSA) is 26.3 Å². The van der Waals surface area contributed by atoms with Gasteiger partial charge in [0.1, 0.15) is 0 Å². The number of carbonyl (C=O) groups excluding carboxylic acids is 1. The molecule has 114 valence electrons. The molecule has 0 radical (unpaired) electrons. The second kappa shape index (κ2) is 12.2. The van der Waals surface area contributed by atoms with Gasteiger partial charge < -0.3 is 0 Å². The first-order valence-electron chi connectivity index (χ1n) is 8.21. The predicted molar refractivity (Wildman–Crippen MR) is 86.3 cm³/mol. The van der Waals surface area contributed by atoms with Crippen LogP contribution in [0.25, 0.3) is 0 Å². The summed E-state index contributed by atoms with van der Waals surface area (Å²) in [6, 6.07) is 0. The van der Waals surface area contributed by atoms with E-state index in [2.05, 4.69) is 20.8 Å². The number of unbranched alkanes of at least 4 members (excludes halogenated alkanes) is 3. The van der Waals surface area contributed by atoms with Crippen molar-refractivity contribution in [2.45, 2.75) is 81.6 Å². The Hall–Kier alpha value is 0.392. The van der Waals surface area contributed by atoms with E-state index in [1.165, 1.54) is 61.6 Å². The van der Waals surface area contributed by atoms with Crippen LogP contribution in [-0.4, -0.2) is 34.3 Å². The van der Waals surface area contributed by atoms with Crippen LogP contribution < -0.4 is 0 Å². The van der Waals surface area contributed by atoms with Gasteiger partial charge >= 0.3 is 125 Å². The first-order chi connectivity index (χ1) is 9.14. The van der Waals surface area contributed by atoms with Gasteiger partial charge in [0.15, 0.2) is 0 Å². The zero-order valence-corrected chi connectivity index (χ0v) is 17.5. The van der Waals surface area contributed by atoms with Crippen LogP contribution in [-0.2, 0) is 9.53 Å². The zero-order valence-electron chi connectivity index (χ0n) is 13.6. The summed E-state index contributed by atoms with van der Waals surface area (Å²) in [6.45, 7) is 6.87. The van der Waals surface area contributed by atoms with E-state index in [1.807, 2.05) is 0 Å². The standard InChI is InChI=1S/C4H7O2.3C4H9.Pb/c1-3-4(5)6-2;3*1-3-4-2;/h1,3H2,2H3;3*1,3-4H2,2H3;. The number of methoxy groups -OCH3 is 1. The fourth-order valence-electron chi connectivity index (χ4n) is 2.87. The van der Waals surface area contributed by atoms with Crippen molar-refractivity contribution in [1.29, 1.82) is 0 Å². The predicted octanol–water partition coefficient (Wildman–Crippen LogP) is 5.40. The Morgan fingerprint density at radius 3 is 1.58 bits per heavy atom. The van der Waals surface area contributed by atoms with Gasteiger partial charge in [0, 0.05) is 0 Å². The van der Waals surface area contributed by atoms with Crippen LogP contribution >= 0.6 is 0 Å². The maximum absolute atomic E-state index is 11.5. The number of rotatable bonds is 12. The Morgan fingerprint density at radius 1 is 0.842 bits per heavy atom. The molecule has 0 heterocycles. The molecule has 0 atom stereocenters. The summed E-state index contributed by atoms with van der Waals surface area (Å²) in [7, 11) is 1.52. The quantitative estimate of drug-likeness (QED) is 0.285. The van der Waals surface area contributed by atoms with Crippen molar-refractivity contribution in [2.75, 3.05) is 7.11 Å². The molecular weight excluding hydrogens is 431 g/mol. The molecule has 0 aromatic rings. The van der Waals surface area contributed by atoms with Crippen LogP contribution in [0, 0.1) is 0 Å². The first kappa shape index (κ1) is 19.4.